The Labute approximate surface area is 196 Å². The van der Waals surface area contributed by atoms with Crippen LogP contribution in [0.2, 0.25) is 5.28 Å². The second-order valence-corrected chi connectivity index (χ2v) is 8.22. The van der Waals surface area contributed by atoms with Gasteiger partial charge in [-0.15, -0.1) is 0 Å². The van der Waals surface area contributed by atoms with Crippen LogP contribution in [0.25, 0.3) is 55.4 Å². The number of aromatic nitrogens is 3. The molecule has 3 nitrogen and oxygen atoms in total. The normalized spacial score (nSPS) is 11.2. The molecule has 0 atom stereocenters. The van der Waals surface area contributed by atoms with E-state index in [-0.39, 0.29) is 5.28 Å². The van der Waals surface area contributed by atoms with Crippen LogP contribution >= 0.6 is 11.6 Å². The summed E-state index contributed by atoms with van der Waals surface area (Å²) in [5, 5.41) is 4.59. The van der Waals surface area contributed by atoms with E-state index < -0.39 is 0 Å². The predicted molar refractivity (Wildman–Crippen MR) is 136 cm³/mol. The highest BCUT2D eigenvalue weighted by Gasteiger charge is 2.14. The van der Waals surface area contributed by atoms with Crippen LogP contribution in [-0.4, -0.2) is 15.0 Å². The van der Waals surface area contributed by atoms with Crippen molar-refractivity contribution in [2.45, 2.75) is 0 Å². The molecule has 0 fully saturated rings. The average Bonchev–Trinajstić information content (AvgIpc) is 2.88. The maximum atomic E-state index is 6.42. The monoisotopic (exact) mass is 443 g/mol. The first kappa shape index (κ1) is 19.6. The zero-order valence-corrected chi connectivity index (χ0v) is 18.4. The second-order valence-electron chi connectivity index (χ2n) is 7.89. The van der Waals surface area contributed by atoms with Crippen molar-refractivity contribution in [2.75, 3.05) is 0 Å². The molecule has 6 aromatic rings. The van der Waals surface area contributed by atoms with E-state index in [0.29, 0.717) is 11.6 Å². The van der Waals surface area contributed by atoms with E-state index >= 15 is 0 Å². The Hall–Kier alpha value is -4.08. The third-order valence-electron chi connectivity index (χ3n) is 5.87. The van der Waals surface area contributed by atoms with Crippen molar-refractivity contribution in [2.24, 2.45) is 0 Å². The second kappa shape index (κ2) is 8.12. The van der Waals surface area contributed by atoms with Gasteiger partial charge >= 0.3 is 0 Å². The molecule has 6 rings (SSSR count). The van der Waals surface area contributed by atoms with Crippen LogP contribution < -0.4 is 0 Å². The summed E-state index contributed by atoms with van der Waals surface area (Å²) in [7, 11) is 0. The summed E-state index contributed by atoms with van der Waals surface area (Å²) >= 11 is 6.42. The lowest BCUT2D eigenvalue weighted by Crippen LogP contribution is -1.98. The predicted octanol–water partition coefficient (Wildman–Crippen LogP) is 7.83. The molecule has 33 heavy (non-hydrogen) atoms. The van der Waals surface area contributed by atoms with Crippen molar-refractivity contribution >= 4 is 33.1 Å². The molecule has 0 bridgehead atoms. The lowest BCUT2D eigenvalue weighted by atomic mass is 9.98. The maximum Gasteiger partial charge on any atom is 0.226 e. The SMILES string of the molecule is Clc1nc(-c2cccc3ccccc23)nc(-c2cccc3ccc(-c4ccccc4)cc23)n1. The van der Waals surface area contributed by atoms with Crippen molar-refractivity contribution in [1.82, 2.24) is 15.0 Å². The molecule has 0 unspecified atom stereocenters. The maximum absolute atomic E-state index is 6.42. The average molecular weight is 444 g/mol. The Bertz CT molecular complexity index is 1620. The van der Waals surface area contributed by atoms with Gasteiger partial charge in [0.05, 0.1) is 0 Å². The Morgan fingerprint density at radius 3 is 1.82 bits per heavy atom. The molecular weight excluding hydrogens is 426 g/mol. The number of fused-ring (bicyclic) bond motifs is 2. The van der Waals surface area contributed by atoms with Crippen LogP contribution in [0.4, 0.5) is 0 Å². The fourth-order valence-electron chi connectivity index (χ4n) is 4.29. The minimum Gasteiger partial charge on any atom is -0.208 e. The van der Waals surface area contributed by atoms with Crippen LogP contribution in [0, 0.1) is 0 Å². The summed E-state index contributed by atoms with van der Waals surface area (Å²) < 4.78 is 0. The summed E-state index contributed by atoms with van der Waals surface area (Å²) in [6, 6.07) is 37.3. The minimum absolute atomic E-state index is 0.180. The van der Waals surface area contributed by atoms with Gasteiger partial charge in [0.25, 0.3) is 0 Å². The summed E-state index contributed by atoms with van der Waals surface area (Å²) in [5.74, 6) is 1.13. The molecule has 0 aliphatic heterocycles. The van der Waals surface area contributed by atoms with E-state index in [2.05, 4.69) is 64.6 Å². The first-order valence-electron chi connectivity index (χ1n) is 10.7. The highest BCUT2D eigenvalue weighted by molar-refractivity contribution is 6.28. The first-order valence-corrected chi connectivity index (χ1v) is 11.1. The lowest BCUT2D eigenvalue weighted by molar-refractivity contribution is 1.07. The quantitative estimate of drug-likeness (QED) is 0.279. The van der Waals surface area contributed by atoms with Gasteiger partial charge in [-0.25, -0.2) is 4.98 Å². The molecule has 1 heterocycles. The first-order chi connectivity index (χ1) is 16.3. The van der Waals surface area contributed by atoms with E-state index in [1.165, 1.54) is 5.56 Å². The van der Waals surface area contributed by atoms with Crippen molar-refractivity contribution < 1.29 is 0 Å². The highest BCUT2D eigenvalue weighted by atomic mass is 35.5. The van der Waals surface area contributed by atoms with Crippen LogP contribution in [0.3, 0.4) is 0 Å². The van der Waals surface area contributed by atoms with Crippen LogP contribution in [0.5, 0.6) is 0 Å². The number of nitrogens with zero attached hydrogens (tertiary/aromatic N) is 3. The Kier molecular flexibility index (Phi) is 4.82. The van der Waals surface area contributed by atoms with Gasteiger partial charge in [-0.3, -0.25) is 0 Å². The fraction of sp³-hybridized carbons (Fsp3) is 0. The van der Waals surface area contributed by atoms with Crippen LogP contribution in [0.15, 0.2) is 109 Å². The zero-order valence-electron chi connectivity index (χ0n) is 17.6. The third kappa shape index (κ3) is 3.63. The molecule has 0 N–H and O–H groups in total. The summed E-state index contributed by atoms with van der Waals surface area (Å²) in [4.78, 5) is 13.8. The standard InChI is InChI=1S/C29H18ClN3/c30-29-32-27(24-14-6-11-20-10-4-5-13-23(20)24)31-28(33-29)25-15-7-12-21-16-17-22(18-26(21)25)19-8-2-1-3-9-19/h1-18H. The number of halogens is 1. The molecule has 0 aliphatic rings. The minimum atomic E-state index is 0.180. The Balaban J connectivity index is 1.56. The third-order valence-corrected chi connectivity index (χ3v) is 6.04. The van der Waals surface area contributed by atoms with Gasteiger partial charge in [0, 0.05) is 11.1 Å². The number of rotatable bonds is 3. The molecule has 5 aromatic carbocycles. The van der Waals surface area contributed by atoms with Crippen molar-refractivity contribution in [3.8, 4) is 33.9 Å². The van der Waals surface area contributed by atoms with Gasteiger partial charge in [-0.2, -0.15) is 9.97 Å². The lowest BCUT2D eigenvalue weighted by Gasteiger charge is -2.11. The zero-order chi connectivity index (χ0) is 22.2. The van der Waals surface area contributed by atoms with E-state index in [1.54, 1.807) is 0 Å². The topological polar surface area (TPSA) is 38.7 Å². The van der Waals surface area contributed by atoms with E-state index in [4.69, 9.17) is 16.6 Å². The molecule has 0 saturated heterocycles. The van der Waals surface area contributed by atoms with E-state index in [0.717, 1.165) is 38.2 Å². The molecule has 0 saturated carbocycles. The van der Waals surface area contributed by atoms with Crippen molar-refractivity contribution in [3.63, 3.8) is 0 Å². The van der Waals surface area contributed by atoms with Gasteiger partial charge in [0.1, 0.15) is 0 Å². The van der Waals surface area contributed by atoms with Gasteiger partial charge in [-0.05, 0) is 50.3 Å². The molecule has 0 radical (unpaired) electrons. The number of hydrogen-bond acceptors (Lipinski definition) is 3. The summed E-state index contributed by atoms with van der Waals surface area (Å²) in [6.45, 7) is 0. The summed E-state index contributed by atoms with van der Waals surface area (Å²) in [6.07, 6.45) is 0. The molecule has 0 amide bonds. The molecule has 156 valence electrons. The van der Waals surface area contributed by atoms with Gasteiger partial charge in [-0.1, -0.05) is 103 Å². The number of hydrogen-bond donors (Lipinski definition) is 0. The molecule has 0 aliphatic carbocycles. The van der Waals surface area contributed by atoms with E-state index in [1.807, 2.05) is 54.6 Å². The number of benzene rings is 5. The van der Waals surface area contributed by atoms with Crippen LogP contribution in [0.1, 0.15) is 0 Å². The molecular formula is C29H18ClN3. The van der Waals surface area contributed by atoms with Crippen molar-refractivity contribution in [1.29, 1.82) is 0 Å². The highest BCUT2D eigenvalue weighted by Crippen LogP contribution is 2.33. The summed E-state index contributed by atoms with van der Waals surface area (Å²) in [5.41, 5.74) is 4.17. The van der Waals surface area contributed by atoms with Gasteiger partial charge < -0.3 is 0 Å². The van der Waals surface area contributed by atoms with Crippen LogP contribution in [-0.2, 0) is 0 Å². The smallest absolute Gasteiger partial charge is 0.208 e. The Morgan fingerprint density at radius 2 is 1.06 bits per heavy atom. The van der Waals surface area contributed by atoms with Gasteiger partial charge in [0.15, 0.2) is 11.6 Å². The van der Waals surface area contributed by atoms with Gasteiger partial charge in [0.2, 0.25) is 5.28 Å². The van der Waals surface area contributed by atoms with Crippen molar-refractivity contribution in [3.05, 3.63) is 114 Å². The largest absolute Gasteiger partial charge is 0.226 e. The molecule has 4 heteroatoms. The molecule has 0 spiro atoms. The van der Waals surface area contributed by atoms with E-state index in [9.17, 15) is 0 Å². The fourth-order valence-corrected chi connectivity index (χ4v) is 4.45. The Morgan fingerprint density at radius 1 is 0.455 bits per heavy atom. The molecule has 1 aromatic heterocycles.